The highest BCUT2D eigenvalue weighted by atomic mass is 35.5. The van der Waals surface area contributed by atoms with E-state index in [-0.39, 0.29) is 36.3 Å². The van der Waals surface area contributed by atoms with Crippen LogP contribution in [0, 0.1) is 5.92 Å². The molecule has 7 heteroatoms. The second-order valence-corrected chi connectivity index (χ2v) is 8.10. The maximum Gasteiger partial charge on any atom is 0.265 e. The summed E-state index contributed by atoms with van der Waals surface area (Å²) in [6.45, 7) is 3.91. The molecule has 0 aromatic heterocycles. The summed E-state index contributed by atoms with van der Waals surface area (Å²) in [4.78, 5) is 24.6. The van der Waals surface area contributed by atoms with E-state index < -0.39 is 6.10 Å². The molecular formula is C21H30ClN3O3. The molecule has 154 valence electrons. The molecule has 2 fully saturated rings. The van der Waals surface area contributed by atoms with E-state index in [0.29, 0.717) is 29.8 Å². The van der Waals surface area contributed by atoms with Crippen LogP contribution >= 0.6 is 12.4 Å². The Kier molecular flexibility index (Phi) is 6.50. The number of carbonyl (C=O) groups is 2. The van der Waals surface area contributed by atoms with Gasteiger partial charge in [0.15, 0.2) is 6.10 Å². The molecule has 1 aromatic carbocycles. The Bertz CT molecular complexity index is 728. The molecule has 1 aliphatic carbocycles. The zero-order valence-electron chi connectivity index (χ0n) is 16.5. The van der Waals surface area contributed by atoms with Crippen LogP contribution in [-0.2, 0) is 9.59 Å². The zero-order chi connectivity index (χ0) is 19.0. The van der Waals surface area contributed by atoms with Gasteiger partial charge in [-0.05, 0) is 56.2 Å². The van der Waals surface area contributed by atoms with Gasteiger partial charge in [0.2, 0.25) is 5.91 Å². The molecule has 2 heterocycles. The van der Waals surface area contributed by atoms with Crippen LogP contribution in [-0.4, -0.2) is 30.0 Å². The molecular weight excluding hydrogens is 378 g/mol. The van der Waals surface area contributed by atoms with Crippen LogP contribution in [0.15, 0.2) is 18.2 Å². The second kappa shape index (κ2) is 8.70. The predicted octanol–water partition coefficient (Wildman–Crippen LogP) is 3.32. The highest BCUT2D eigenvalue weighted by molar-refractivity contribution is 5.97. The molecule has 2 amide bonds. The Balaban J connectivity index is 0.00000225. The van der Waals surface area contributed by atoms with Crippen molar-refractivity contribution in [3.8, 4) is 5.75 Å². The average molecular weight is 408 g/mol. The van der Waals surface area contributed by atoms with Crippen LogP contribution < -0.4 is 20.7 Å². The fourth-order valence-corrected chi connectivity index (χ4v) is 4.62. The highest BCUT2D eigenvalue weighted by Crippen LogP contribution is 2.35. The molecule has 1 saturated carbocycles. The lowest BCUT2D eigenvalue weighted by molar-refractivity contribution is -0.124. The van der Waals surface area contributed by atoms with Gasteiger partial charge < -0.3 is 20.7 Å². The lowest BCUT2D eigenvalue weighted by Gasteiger charge is -2.26. The fourth-order valence-electron chi connectivity index (χ4n) is 4.62. The molecule has 1 aromatic rings. The smallest absolute Gasteiger partial charge is 0.265 e. The van der Waals surface area contributed by atoms with Gasteiger partial charge in [0.1, 0.15) is 5.75 Å². The first kappa shape index (κ1) is 20.9. The summed E-state index contributed by atoms with van der Waals surface area (Å²) in [5.74, 6) is 1.30. The molecule has 0 radical (unpaired) electrons. The molecule has 1 saturated heterocycles. The van der Waals surface area contributed by atoms with Crippen LogP contribution in [0.5, 0.6) is 5.75 Å². The minimum Gasteiger partial charge on any atom is -0.478 e. The second-order valence-electron chi connectivity index (χ2n) is 8.10. The Morgan fingerprint density at radius 2 is 2.11 bits per heavy atom. The summed E-state index contributed by atoms with van der Waals surface area (Å²) >= 11 is 0. The van der Waals surface area contributed by atoms with Crippen LogP contribution in [0.2, 0.25) is 0 Å². The molecule has 0 bridgehead atoms. The normalized spacial score (nSPS) is 29.4. The molecule has 3 N–H and O–H groups in total. The van der Waals surface area contributed by atoms with Crippen molar-refractivity contribution in [1.82, 2.24) is 10.6 Å². The van der Waals surface area contributed by atoms with Gasteiger partial charge in [-0.25, -0.2) is 0 Å². The number of hydrogen-bond donors (Lipinski definition) is 3. The van der Waals surface area contributed by atoms with E-state index in [4.69, 9.17) is 4.74 Å². The van der Waals surface area contributed by atoms with Crippen molar-refractivity contribution in [2.45, 2.75) is 76.6 Å². The monoisotopic (exact) mass is 407 g/mol. The minimum absolute atomic E-state index is 0. The molecule has 5 unspecified atom stereocenters. The number of nitrogens with one attached hydrogen (secondary N) is 3. The first-order chi connectivity index (χ1) is 13.0. The van der Waals surface area contributed by atoms with Crippen LogP contribution in [0.4, 0.5) is 5.69 Å². The van der Waals surface area contributed by atoms with Crippen molar-refractivity contribution in [2.75, 3.05) is 5.32 Å². The minimum atomic E-state index is -0.455. The summed E-state index contributed by atoms with van der Waals surface area (Å²) in [6.07, 6.45) is 6.10. The molecule has 5 atom stereocenters. The van der Waals surface area contributed by atoms with E-state index in [1.807, 2.05) is 32.0 Å². The largest absolute Gasteiger partial charge is 0.478 e. The Hall–Kier alpha value is -1.79. The van der Waals surface area contributed by atoms with Crippen molar-refractivity contribution in [3.05, 3.63) is 23.8 Å². The van der Waals surface area contributed by atoms with Crippen molar-refractivity contribution in [2.24, 2.45) is 5.92 Å². The highest BCUT2D eigenvalue weighted by Gasteiger charge is 2.38. The van der Waals surface area contributed by atoms with Gasteiger partial charge in [-0.2, -0.15) is 0 Å². The SMILES string of the molecule is CCC1Oc2cc(C(C)NC(=O)C3CC4CCCCC4N3)ccc2NC1=O.Cl. The first-order valence-corrected chi connectivity index (χ1v) is 10.2. The third kappa shape index (κ3) is 4.13. The first-order valence-electron chi connectivity index (χ1n) is 10.2. The number of halogens is 1. The number of hydrogen-bond acceptors (Lipinski definition) is 4. The third-order valence-electron chi connectivity index (χ3n) is 6.23. The van der Waals surface area contributed by atoms with Gasteiger partial charge >= 0.3 is 0 Å². The Labute approximate surface area is 172 Å². The fraction of sp³-hybridized carbons (Fsp3) is 0.619. The lowest BCUT2D eigenvalue weighted by atomic mass is 9.85. The van der Waals surface area contributed by atoms with E-state index in [9.17, 15) is 9.59 Å². The summed E-state index contributed by atoms with van der Waals surface area (Å²) < 4.78 is 5.82. The van der Waals surface area contributed by atoms with Crippen LogP contribution in [0.3, 0.4) is 0 Å². The number of ether oxygens (including phenoxy) is 1. The van der Waals surface area contributed by atoms with Crippen molar-refractivity contribution >= 4 is 29.9 Å². The van der Waals surface area contributed by atoms with E-state index >= 15 is 0 Å². The molecule has 6 nitrogen and oxygen atoms in total. The topological polar surface area (TPSA) is 79.5 Å². The third-order valence-corrected chi connectivity index (χ3v) is 6.23. The van der Waals surface area contributed by atoms with Gasteiger partial charge in [0, 0.05) is 6.04 Å². The molecule has 3 aliphatic rings. The number of carbonyl (C=O) groups excluding carboxylic acids is 2. The molecule has 4 rings (SSSR count). The lowest BCUT2D eigenvalue weighted by Crippen LogP contribution is -2.43. The number of rotatable bonds is 4. The summed E-state index contributed by atoms with van der Waals surface area (Å²) in [5, 5.41) is 9.56. The van der Waals surface area contributed by atoms with E-state index in [0.717, 1.165) is 12.0 Å². The maximum atomic E-state index is 12.7. The maximum absolute atomic E-state index is 12.7. The Morgan fingerprint density at radius 1 is 1.32 bits per heavy atom. The van der Waals surface area contributed by atoms with Crippen molar-refractivity contribution < 1.29 is 14.3 Å². The summed E-state index contributed by atoms with van der Waals surface area (Å²) in [5.41, 5.74) is 1.66. The molecule has 2 aliphatic heterocycles. The van der Waals surface area contributed by atoms with Gasteiger partial charge in [0.05, 0.1) is 17.8 Å². The van der Waals surface area contributed by atoms with E-state index in [1.54, 1.807) is 0 Å². The zero-order valence-corrected chi connectivity index (χ0v) is 17.3. The quantitative estimate of drug-likeness (QED) is 0.715. The van der Waals surface area contributed by atoms with E-state index in [1.165, 1.54) is 25.7 Å². The Morgan fingerprint density at radius 3 is 2.86 bits per heavy atom. The molecule has 28 heavy (non-hydrogen) atoms. The summed E-state index contributed by atoms with van der Waals surface area (Å²) in [6, 6.07) is 6.01. The predicted molar refractivity (Wildman–Crippen MR) is 111 cm³/mol. The van der Waals surface area contributed by atoms with Crippen LogP contribution in [0.1, 0.15) is 64.0 Å². The van der Waals surface area contributed by atoms with Crippen molar-refractivity contribution in [3.63, 3.8) is 0 Å². The van der Waals surface area contributed by atoms with Crippen LogP contribution in [0.25, 0.3) is 0 Å². The number of fused-ring (bicyclic) bond motifs is 2. The number of anilines is 1. The average Bonchev–Trinajstić information content (AvgIpc) is 3.11. The number of amides is 2. The standard InChI is InChI=1S/C21H29N3O3.ClH/c1-3-18-21(26)24-16-9-8-13(11-19(16)27-18)12(2)22-20(25)17-10-14-6-4-5-7-15(14)23-17;/h8-9,11-12,14-15,17-18,23H,3-7,10H2,1-2H3,(H,22,25)(H,24,26);1H. The summed E-state index contributed by atoms with van der Waals surface area (Å²) in [7, 11) is 0. The van der Waals surface area contributed by atoms with Crippen molar-refractivity contribution in [1.29, 1.82) is 0 Å². The van der Waals surface area contributed by atoms with Gasteiger partial charge in [-0.3, -0.25) is 9.59 Å². The van der Waals surface area contributed by atoms with Gasteiger partial charge in [-0.15, -0.1) is 12.4 Å². The van der Waals surface area contributed by atoms with Gasteiger partial charge in [0.25, 0.3) is 5.91 Å². The van der Waals surface area contributed by atoms with Gasteiger partial charge in [-0.1, -0.05) is 25.8 Å². The molecule has 0 spiro atoms. The number of benzene rings is 1. The van der Waals surface area contributed by atoms with E-state index in [2.05, 4.69) is 16.0 Å².